The maximum absolute atomic E-state index is 12.2. The molecule has 1 aromatic rings. The second kappa shape index (κ2) is 9.23. The van der Waals surface area contributed by atoms with Gasteiger partial charge in [-0.15, -0.1) is 12.4 Å². The van der Waals surface area contributed by atoms with E-state index in [1.54, 1.807) is 12.1 Å². The summed E-state index contributed by atoms with van der Waals surface area (Å²) in [6.07, 6.45) is 2.25. The van der Waals surface area contributed by atoms with Crippen molar-refractivity contribution in [3.05, 3.63) is 28.8 Å². The summed E-state index contributed by atoms with van der Waals surface area (Å²) in [5.74, 6) is 1.29. The van der Waals surface area contributed by atoms with Gasteiger partial charge in [-0.3, -0.25) is 4.79 Å². The van der Waals surface area contributed by atoms with Crippen LogP contribution >= 0.6 is 24.0 Å². The summed E-state index contributed by atoms with van der Waals surface area (Å²) in [5.41, 5.74) is 0.952. The van der Waals surface area contributed by atoms with E-state index in [-0.39, 0.29) is 24.9 Å². The molecule has 0 bridgehead atoms. The average Bonchev–Trinajstić information content (AvgIpc) is 2.49. The molecule has 0 saturated carbocycles. The monoisotopic (exact) mass is 346 g/mol. The van der Waals surface area contributed by atoms with E-state index in [1.807, 2.05) is 24.9 Å². The first kappa shape index (κ1) is 19.1. The highest BCUT2D eigenvalue weighted by molar-refractivity contribution is 6.31. The van der Waals surface area contributed by atoms with E-state index >= 15 is 0 Å². The summed E-state index contributed by atoms with van der Waals surface area (Å²) in [4.78, 5) is 14.1. The molecule has 1 N–H and O–H groups in total. The highest BCUT2D eigenvalue weighted by Crippen LogP contribution is 2.21. The zero-order valence-corrected chi connectivity index (χ0v) is 14.7. The molecule has 0 aromatic heterocycles. The van der Waals surface area contributed by atoms with Gasteiger partial charge in [-0.05, 0) is 63.0 Å². The van der Waals surface area contributed by atoms with E-state index in [0.29, 0.717) is 16.7 Å². The lowest BCUT2D eigenvalue weighted by atomic mass is 9.98. The lowest BCUT2D eigenvalue weighted by molar-refractivity contribution is -0.135. The Morgan fingerprint density at radius 3 is 2.95 bits per heavy atom. The van der Waals surface area contributed by atoms with Crippen LogP contribution in [-0.2, 0) is 4.79 Å². The van der Waals surface area contributed by atoms with Gasteiger partial charge in [-0.25, -0.2) is 0 Å². The lowest BCUT2D eigenvalue weighted by Gasteiger charge is -2.32. The minimum absolute atomic E-state index is 0. The van der Waals surface area contributed by atoms with E-state index in [9.17, 15) is 4.79 Å². The lowest BCUT2D eigenvalue weighted by Crippen LogP contribution is -2.44. The average molecular weight is 347 g/mol. The molecule has 1 atom stereocenters. The standard InChI is InChI=1S/C16H23ClN2O2.ClH/c1-12-8-14(5-6-15(12)17)21-11-16(20)19-7-3-4-13(10-19)9-18-2;/h5-6,8,13,18H,3-4,7,9-11H2,1-2H3;1H. The maximum atomic E-state index is 12.2. The molecule has 1 aliphatic heterocycles. The largest absolute Gasteiger partial charge is 0.484 e. The van der Waals surface area contributed by atoms with Crippen molar-refractivity contribution in [1.29, 1.82) is 0 Å². The summed E-state index contributed by atoms with van der Waals surface area (Å²) in [5, 5.41) is 3.89. The molecule has 6 heteroatoms. The molecule has 1 heterocycles. The summed E-state index contributed by atoms with van der Waals surface area (Å²) in [7, 11) is 1.95. The number of carbonyl (C=O) groups is 1. The molecule has 1 fully saturated rings. The van der Waals surface area contributed by atoms with Gasteiger partial charge in [0.25, 0.3) is 5.91 Å². The SMILES string of the molecule is CNCC1CCCN(C(=O)COc2ccc(Cl)c(C)c2)C1.Cl. The number of amides is 1. The number of hydrogen-bond donors (Lipinski definition) is 1. The van der Waals surface area contributed by atoms with Gasteiger partial charge in [0.1, 0.15) is 5.75 Å². The van der Waals surface area contributed by atoms with Gasteiger partial charge in [-0.1, -0.05) is 11.6 Å². The number of benzene rings is 1. The third-order valence-electron chi connectivity index (χ3n) is 3.86. The Morgan fingerprint density at radius 2 is 2.27 bits per heavy atom. The predicted molar refractivity (Wildman–Crippen MR) is 92.2 cm³/mol. The van der Waals surface area contributed by atoms with Crippen LogP contribution in [0.25, 0.3) is 0 Å². The quantitative estimate of drug-likeness (QED) is 0.891. The fourth-order valence-corrected chi connectivity index (χ4v) is 2.81. The van der Waals surface area contributed by atoms with Crippen LogP contribution in [0.4, 0.5) is 0 Å². The highest BCUT2D eigenvalue weighted by Gasteiger charge is 2.23. The molecular weight excluding hydrogens is 323 g/mol. The number of nitrogens with one attached hydrogen (secondary N) is 1. The first-order valence-electron chi connectivity index (χ1n) is 7.41. The molecule has 1 aliphatic rings. The van der Waals surface area contributed by atoms with Gasteiger partial charge in [0.05, 0.1) is 0 Å². The van der Waals surface area contributed by atoms with Crippen molar-refractivity contribution >= 4 is 29.9 Å². The molecule has 1 aromatic carbocycles. The number of rotatable bonds is 5. The number of nitrogens with zero attached hydrogens (tertiary/aromatic N) is 1. The van der Waals surface area contributed by atoms with Gasteiger partial charge < -0.3 is 15.0 Å². The Hall–Kier alpha value is -0.970. The smallest absolute Gasteiger partial charge is 0.260 e. The van der Waals surface area contributed by atoms with Gasteiger partial charge in [0.15, 0.2) is 6.61 Å². The zero-order valence-electron chi connectivity index (χ0n) is 13.1. The van der Waals surface area contributed by atoms with Crippen molar-refractivity contribution in [1.82, 2.24) is 10.2 Å². The number of carbonyl (C=O) groups excluding carboxylic acids is 1. The van der Waals surface area contributed by atoms with Crippen LogP contribution in [0.1, 0.15) is 18.4 Å². The molecule has 1 saturated heterocycles. The van der Waals surface area contributed by atoms with Crippen LogP contribution in [0.5, 0.6) is 5.75 Å². The number of halogens is 2. The molecule has 0 aliphatic carbocycles. The minimum atomic E-state index is 0. The Morgan fingerprint density at radius 1 is 1.50 bits per heavy atom. The molecule has 0 spiro atoms. The van der Waals surface area contributed by atoms with Gasteiger partial charge in [0, 0.05) is 18.1 Å². The van der Waals surface area contributed by atoms with Crippen molar-refractivity contribution in [3.8, 4) is 5.75 Å². The Labute approximate surface area is 143 Å². The summed E-state index contributed by atoms with van der Waals surface area (Å²) in [6, 6.07) is 5.44. The summed E-state index contributed by atoms with van der Waals surface area (Å²) >= 11 is 5.97. The molecular formula is C16H24Cl2N2O2. The van der Waals surface area contributed by atoms with E-state index in [4.69, 9.17) is 16.3 Å². The first-order valence-corrected chi connectivity index (χ1v) is 7.79. The van der Waals surface area contributed by atoms with E-state index in [1.165, 1.54) is 6.42 Å². The van der Waals surface area contributed by atoms with Crippen molar-refractivity contribution in [2.24, 2.45) is 5.92 Å². The second-order valence-corrected chi connectivity index (χ2v) is 6.01. The van der Waals surface area contributed by atoms with E-state index in [0.717, 1.165) is 31.6 Å². The summed E-state index contributed by atoms with van der Waals surface area (Å²) < 4.78 is 5.59. The molecule has 1 unspecified atom stereocenters. The molecule has 4 nitrogen and oxygen atoms in total. The van der Waals surface area contributed by atoms with Crippen molar-refractivity contribution in [2.75, 3.05) is 33.3 Å². The number of aryl methyl sites for hydroxylation is 1. The topological polar surface area (TPSA) is 41.6 Å². The summed E-state index contributed by atoms with van der Waals surface area (Å²) in [6.45, 7) is 4.63. The maximum Gasteiger partial charge on any atom is 0.260 e. The van der Waals surface area contributed by atoms with Crippen LogP contribution in [0.15, 0.2) is 18.2 Å². The minimum Gasteiger partial charge on any atom is -0.484 e. The van der Waals surface area contributed by atoms with Gasteiger partial charge >= 0.3 is 0 Å². The Balaban J connectivity index is 0.00000242. The third-order valence-corrected chi connectivity index (χ3v) is 4.28. The first-order chi connectivity index (χ1) is 10.1. The predicted octanol–water partition coefficient (Wildman–Crippen LogP) is 2.91. The molecule has 22 heavy (non-hydrogen) atoms. The van der Waals surface area contributed by atoms with Gasteiger partial charge in [0.2, 0.25) is 0 Å². The van der Waals surface area contributed by atoms with Gasteiger partial charge in [-0.2, -0.15) is 0 Å². The van der Waals surface area contributed by atoms with Crippen LogP contribution in [-0.4, -0.2) is 44.1 Å². The van der Waals surface area contributed by atoms with Crippen LogP contribution < -0.4 is 10.1 Å². The van der Waals surface area contributed by atoms with E-state index < -0.39 is 0 Å². The van der Waals surface area contributed by atoms with Crippen LogP contribution in [0.2, 0.25) is 5.02 Å². The normalized spacial score (nSPS) is 17.8. The van der Waals surface area contributed by atoms with Crippen molar-refractivity contribution in [2.45, 2.75) is 19.8 Å². The number of likely N-dealkylation sites (tertiary alicyclic amines) is 1. The van der Waals surface area contributed by atoms with Crippen molar-refractivity contribution in [3.63, 3.8) is 0 Å². The molecule has 0 radical (unpaired) electrons. The zero-order chi connectivity index (χ0) is 15.2. The fraction of sp³-hybridized carbons (Fsp3) is 0.562. The highest BCUT2D eigenvalue weighted by atomic mass is 35.5. The van der Waals surface area contributed by atoms with Crippen LogP contribution in [0.3, 0.4) is 0 Å². The van der Waals surface area contributed by atoms with Crippen LogP contribution in [0, 0.1) is 12.8 Å². The Kier molecular flexibility index (Phi) is 8.01. The number of ether oxygens (including phenoxy) is 1. The fourth-order valence-electron chi connectivity index (χ4n) is 2.69. The molecule has 124 valence electrons. The Bertz CT molecular complexity index is 495. The van der Waals surface area contributed by atoms with Crippen molar-refractivity contribution < 1.29 is 9.53 Å². The second-order valence-electron chi connectivity index (χ2n) is 5.61. The number of hydrogen-bond acceptors (Lipinski definition) is 3. The van der Waals surface area contributed by atoms with E-state index in [2.05, 4.69) is 5.32 Å². The molecule has 2 rings (SSSR count). The third kappa shape index (κ3) is 5.34. The molecule has 1 amide bonds. The number of piperidine rings is 1.